The fraction of sp³-hybridized carbons (Fsp3) is 0.600. The zero-order valence-corrected chi connectivity index (χ0v) is 12.3. The van der Waals surface area contributed by atoms with Gasteiger partial charge in [-0.3, -0.25) is 9.69 Å². The Morgan fingerprint density at radius 1 is 1.50 bits per heavy atom. The van der Waals surface area contributed by atoms with Gasteiger partial charge in [0, 0.05) is 19.3 Å². The molecule has 2 heterocycles. The predicted molar refractivity (Wildman–Crippen MR) is 78.5 cm³/mol. The molecular formula is C15H23N3O2. The fourth-order valence-electron chi connectivity index (χ4n) is 2.56. The first-order valence-electron chi connectivity index (χ1n) is 7.34. The molecule has 1 aromatic heterocycles. The molecule has 0 bridgehead atoms. The zero-order valence-electron chi connectivity index (χ0n) is 12.3. The molecule has 1 fully saturated rings. The van der Waals surface area contributed by atoms with Crippen LogP contribution in [-0.2, 0) is 16.1 Å². The molecule has 1 aliphatic heterocycles. The van der Waals surface area contributed by atoms with Gasteiger partial charge in [-0.2, -0.15) is 0 Å². The second-order valence-corrected chi connectivity index (χ2v) is 4.96. The average Bonchev–Trinajstić information content (AvgIpc) is 2.90. The van der Waals surface area contributed by atoms with Crippen LogP contribution in [0.5, 0.6) is 0 Å². The number of nitrogens with zero attached hydrogens (tertiary/aromatic N) is 2. The van der Waals surface area contributed by atoms with Gasteiger partial charge in [0.25, 0.3) is 0 Å². The van der Waals surface area contributed by atoms with E-state index in [1.165, 1.54) is 0 Å². The Bertz CT molecular complexity index is 433. The maximum Gasteiger partial charge on any atom is 0.323 e. The van der Waals surface area contributed by atoms with Crippen LogP contribution in [0.2, 0.25) is 0 Å². The first kappa shape index (κ1) is 14.8. The summed E-state index contributed by atoms with van der Waals surface area (Å²) in [4.78, 5) is 18.4. The summed E-state index contributed by atoms with van der Waals surface area (Å²) in [6.45, 7) is 6.90. The number of carbonyl (C=O) groups is 1. The van der Waals surface area contributed by atoms with Crippen molar-refractivity contribution in [1.82, 2.24) is 9.88 Å². The average molecular weight is 277 g/mol. The summed E-state index contributed by atoms with van der Waals surface area (Å²) in [6, 6.07) is 3.95. The number of esters is 1. The third kappa shape index (κ3) is 3.70. The Morgan fingerprint density at radius 3 is 3.00 bits per heavy atom. The van der Waals surface area contributed by atoms with Gasteiger partial charge in [-0.05, 0) is 44.9 Å². The second-order valence-electron chi connectivity index (χ2n) is 4.96. The number of nitrogens with one attached hydrogen (secondary N) is 1. The van der Waals surface area contributed by atoms with Crippen LogP contribution in [-0.4, -0.2) is 41.6 Å². The van der Waals surface area contributed by atoms with Crippen LogP contribution >= 0.6 is 0 Å². The molecule has 2 rings (SSSR count). The number of carbonyl (C=O) groups excluding carboxylic acids is 1. The van der Waals surface area contributed by atoms with Crippen LogP contribution in [0.3, 0.4) is 0 Å². The molecule has 1 aromatic rings. The topological polar surface area (TPSA) is 54.5 Å². The number of anilines is 1. The van der Waals surface area contributed by atoms with Crippen LogP contribution in [0.1, 0.15) is 32.3 Å². The lowest BCUT2D eigenvalue weighted by atomic mass is 10.2. The van der Waals surface area contributed by atoms with Crippen LogP contribution in [0.15, 0.2) is 18.3 Å². The van der Waals surface area contributed by atoms with E-state index in [-0.39, 0.29) is 12.0 Å². The molecule has 1 atom stereocenters. The molecule has 1 aliphatic rings. The van der Waals surface area contributed by atoms with Gasteiger partial charge in [0.05, 0.1) is 6.61 Å². The first-order valence-corrected chi connectivity index (χ1v) is 7.34. The number of hydrogen-bond acceptors (Lipinski definition) is 5. The van der Waals surface area contributed by atoms with Crippen molar-refractivity contribution in [2.45, 2.75) is 39.3 Å². The van der Waals surface area contributed by atoms with E-state index in [4.69, 9.17) is 4.74 Å². The highest BCUT2D eigenvalue weighted by Crippen LogP contribution is 2.21. The number of pyridine rings is 1. The summed E-state index contributed by atoms with van der Waals surface area (Å²) in [5.74, 6) is 0.793. The van der Waals surface area contributed by atoms with E-state index in [2.05, 4.69) is 21.3 Å². The van der Waals surface area contributed by atoms with E-state index < -0.39 is 0 Å². The molecular weight excluding hydrogens is 254 g/mol. The summed E-state index contributed by atoms with van der Waals surface area (Å²) in [5.41, 5.74) is 1.13. The smallest absolute Gasteiger partial charge is 0.323 e. The van der Waals surface area contributed by atoms with Gasteiger partial charge in [0.15, 0.2) is 0 Å². The minimum Gasteiger partial charge on any atom is -0.465 e. The monoisotopic (exact) mass is 277 g/mol. The molecule has 5 nitrogen and oxygen atoms in total. The summed E-state index contributed by atoms with van der Waals surface area (Å²) in [5, 5.41) is 3.17. The predicted octanol–water partition coefficient (Wildman–Crippen LogP) is 2.04. The zero-order chi connectivity index (χ0) is 14.4. The lowest BCUT2D eigenvalue weighted by Crippen LogP contribution is -2.36. The SMILES string of the molecule is CCNc1ccc(CN2CCCC2C(=O)OCC)cn1. The molecule has 1 saturated heterocycles. The third-order valence-electron chi connectivity index (χ3n) is 3.49. The van der Waals surface area contributed by atoms with E-state index >= 15 is 0 Å². The first-order chi connectivity index (χ1) is 9.74. The number of ether oxygens (including phenoxy) is 1. The van der Waals surface area contributed by atoms with Crippen molar-refractivity contribution >= 4 is 11.8 Å². The van der Waals surface area contributed by atoms with E-state index in [9.17, 15) is 4.79 Å². The summed E-state index contributed by atoms with van der Waals surface area (Å²) >= 11 is 0. The van der Waals surface area contributed by atoms with Crippen molar-refractivity contribution < 1.29 is 9.53 Å². The van der Waals surface area contributed by atoms with E-state index in [1.54, 1.807) is 0 Å². The number of likely N-dealkylation sites (tertiary alicyclic amines) is 1. The van der Waals surface area contributed by atoms with Gasteiger partial charge < -0.3 is 10.1 Å². The minimum atomic E-state index is -0.0952. The second kappa shape index (κ2) is 7.24. The minimum absolute atomic E-state index is 0.0941. The third-order valence-corrected chi connectivity index (χ3v) is 3.49. The van der Waals surface area contributed by atoms with E-state index in [0.717, 1.165) is 43.9 Å². The van der Waals surface area contributed by atoms with Gasteiger partial charge in [0.2, 0.25) is 0 Å². The Hall–Kier alpha value is -1.62. The van der Waals surface area contributed by atoms with Crippen molar-refractivity contribution in [3.05, 3.63) is 23.9 Å². The summed E-state index contributed by atoms with van der Waals surface area (Å²) in [6.07, 6.45) is 3.81. The van der Waals surface area contributed by atoms with E-state index in [1.807, 2.05) is 26.1 Å². The fourth-order valence-corrected chi connectivity index (χ4v) is 2.56. The molecule has 110 valence electrons. The van der Waals surface area contributed by atoms with Gasteiger partial charge in [-0.25, -0.2) is 4.98 Å². The van der Waals surface area contributed by atoms with Gasteiger partial charge in [-0.1, -0.05) is 6.07 Å². The Kier molecular flexibility index (Phi) is 5.35. The van der Waals surface area contributed by atoms with E-state index in [0.29, 0.717) is 6.61 Å². The molecule has 1 N–H and O–H groups in total. The summed E-state index contributed by atoms with van der Waals surface area (Å²) < 4.78 is 5.14. The van der Waals surface area contributed by atoms with Crippen molar-refractivity contribution in [2.24, 2.45) is 0 Å². The molecule has 0 aromatic carbocycles. The maximum atomic E-state index is 11.9. The lowest BCUT2D eigenvalue weighted by Gasteiger charge is -2.22. The highest BCUT2D eigenvalue weighted by molar-refractivity contribution is 5.76. The van der Waals surface area contributed by atoms with Crippen LogP contribution in [0, 0.1) is 0 Å². The number of hydrogen-bond donors (Lipinski definition) is 1. The van der Waals surface area contributed by atoms with Crippen molar-refractivity contribution in [3.63, 3.8) is 0 Å². The van der Waals surface area contributed by atoms with Crippen molar-refractivity contribution in [2.75, 3.05) is 25.0 Å². The Labute approximate surface area is 120 Å². The normalized spacial score (nSPS) is 19.0. The van der Waals surface area contributed by atoms with Crippen LogP contribution in [0.4, 0.5) is 5.82 Å². The molecule has 0 saturated carbocycles. The molecule has 5 heteroatoms. The lowest BCUT2D eigenvalue weighted by molar-refractivity contribution is -0.148. The van der Waals surface area contributed by atoms with Gasteiger partial charge >= 0.3 is 5.97 Å². The van der Waals surface area contributed by atoms with Gasteiger partial charge in [-0.15, -0.1) is 0 Å². The highest BCUT2D eigenvalue weighted by atomic mass is 16.5. The van der Waals surface area contributed by atoms with Crippen LogP contribution < -0.4 is 5.32 Å². The molecule has 20 heavy (non-hydrogen) atoms. The Morgan fingerprint density at radius 2 is 2.35 bits per heavy atom. The van der Waals surface area contributed by atoms with Gasteiger partial charge in [0.1, 0.15) is 11.9 Å². The molecule has 0 amide bonds. The number of rotatable bonds is 6. The molecule has 0 radical (unpaired) electrons. The Balaban J connectivity index is 1.95. The largest absolute Gasteiger partial charge is 0.465 e. The van der Waals surface area contributed by atoms with Crippen molar-refractivity contribution in [1.29, 1.82) is 0 Å². The summed E-state index contributed by atoms with van der Waals surface area (Å²) in [7, 11) is 0. The number of aromatic nitrogens is 1. The van der Waals surface area contributed by atoms with Crippen LogP contribution in [0.25, 0.3) is 0 Å². The highest BCUT2D eigenvalue weighted by Gasteiger charge is 2.31. The molecule has 0 aliphatic carbocycles. The maximum absolute atomic E-state index is 11.9. The quantitative estimate of drug-likeness (QED) is 0.806. The van der Waals surface area contributed by atoms with Crippen molar-refractivity contribution in [3.8, 4) is 0 Å². The standard InChI is InChI=1S/C15H23N3O2/c1-3-16-14-8-7-12(10-17-14)11-18-9-5-6-13(18)15(19)20-4-2/h7-8,10,13H,3-6,9,11H2,1-2H3,(H,16,17). The molecule has 0 spiro atoms. The molecule has 1 unspecified atom stereocenters.